The number of benzene rings is 1. The predicted octanol–water partition coefficient (Wildman–Crippen LogP) is 0.974. The quantitative estimate of drug-likeness (QED) is 0.683. The van der Waals surface area contributed by atoms with Gasteiger partial charge >= 0.3 is 0 Å². The summed E-state index contributed by atoms with van der Waals surface area (Å²) in [6.45, 7) is 0. The van der Waals surface area contributed by atoms with E-state index in [1.165, 1.54) is 0 Å². The van der Waals surface area contributed by atoms with Gasteiger partial charge in [0.2, 0.25) is 0 Å². The molecule has 0 amide bonds. The van der Waals surface area contributed by atoms with Gasteiger partial charge in [0, 0.05) is 6.42 Å². The normalized spacial score (nSPS) is 23.0. The van der Waals surface area contributed by atoms with Crippen LogP contribution in [0.25, 0.3) is 0 Å². The molecule has 0 bridgehead atoms. The molecule has 0 saturated carbocycles. The lowest BCUT2D eigenvalue weighted by Crippen LogP contribution is -2.17. The minimum Gasteiger partial charge on any atom is -0.303 e. The minimum absolute atomic E-state index is 0.0943. The van der Waals surface area contributed by atoms with Gasteiger partial charge in [0.1, 0.15) is 6.29 Å². The molecule has 3 nitrogen and oxygen atoms in total. The molecule has 74 valence electrons. The van der Waals surface area contributed by atoms with Crippen LogP contribution in [0.5, 0.6) is 0 Å². The summed E-state index contributed by atoms with van der Waals surface area (Å²) >= 11 is 0. The van der Waals surface area contributed by atoms with Crippen molar-refractivity contribution < 1.29 is 13.2 Å². The first-order valence-electron chi connectivity index (χ1n) is 4.41. The summed E-state index contributed by atoms with van der Waals surface area (Å²) in [6, 6.07) is 6.93. The molecule has 4 heteroatoms. The number of rotatable bonds is 2. The number of carbonyl (C=O) groups is 1. The summed E-state index contributed by atoms with van der Waals surface area (Å²) in [6.07, 6.45) is 1.24. The fourth-order valence-corrected chi connectivity index (χ4v) is 3.68. The van der Waals surface area contributed by atoms with E-state index in [-0.39, 0.29) is 6.42 Å². The molecule has 0 aliphatic carbocycles. The molecule has 0 radical (unpaired) electrons. The van der Waals surface area contributed by atoms with Crippen molar-refractivity contribution in [1.29, 1.82) is 0 Å². The summed E-state index contributed by atoms with van der Waals surface area (Å²) in [5, 5.41) is -0.544. The zero-order valence-corrected chi connectivity index (χ0v) is 8.33. The first-order valence-corrected chi connectivity index (χ1v) is 5.96. The van der Waals surface area contributed by atoms with Crippen LogP contribution in [0.2, 0.25) is 0 Å². The number of hydrogen-bond acceptors (Lipinski definition) is 3. The molecular weight excluding hydrogens is 200 g/mol. The minimum atomic E-state index is -3.24. The summed E-state index contributed by atoms with van der Waals surface area (Å²) in [5.74, 6) is 0. The Labute approximate surface area is 82.7 Å². The van der Waals surface area contributed by atoms with Crippen molar-refractivity contribution in [3.05, 3.63) is 29.8 Å². The van der Waals surface area contributed by atoms with Crippen LogP contribution in [-0.2, 0) is 21.1 Å². The molecule has 1 aromatic carbocycles. The van der Waals surface area contributed by atoms with Gasteiger partial charge in [-0.25, -0.2) is 8.42 Å². The fourth-order valence-electron chi connectivity index (χ4n) is 1.80. The van der Waals surface area contributed by atoms with Gasteiger partial charge in [-0.05, 0) is 18.1 Å². The molecule has 1 aliphatic heterocycles. The molecule has 0 aromatic heterocycles. The highest BCUT2D eigenvalue weighted by atomic mass is 32.2. The lowest BCUT2D eigenvalue weighted by Gasteiger charge is -2.03. The Morgan fingerprint density at radius 1 is 1.36 bits per heavy atom. The Kier molecular flexibility index (Phi) is 2.15. The van der Waals surface area contributed by atoms with E-state index in [1.54, 1.807) is 18.2 Å². The van der Waals surface area contributed by atoms with Crippen LogP contribution in [0.4, 0.5) is 0 Å². The maximum Gasteiger partial charge on any atom is 0.182 e. The molecule has 0 saturated heterocycles. The molecule has 2 rings (SSSR count). The topological polar surface area (TPSA) is 51.2 Å². The van der Waals surface area contributed by atoms with Crippen molar-refractivity contribution in [3.8, 4) is 0 Å². The van der Waals surface area contributed by atoms with Crippen molar-refractivity contribution in [3.63, 3.8) is 0 Å². The van der Waals surface area contributed by atoms with Crippen LogP contribution < -0.4 is 0 Å². The highest BCUT2D eigenvalue weighted by Gasteiger charge is 2.35. The highest BCUT2D eigenvalue weighted by Crippen LogP contribution is 2.31. The third-order valence-electron chi connectivity index (χ3n) is 2.52. The van der Waals surface area contributed by atoms with Gasteiger partial charge in [0.05, 0.1) is 10.1 Å². The average molecular weight is 210 g/mol. The van der Waals surface area contributed by atoms with Crippen molar-refractivity contribution in [2.24, 2.45) is 0 Å². The number of aldehydes is 1. The van der Waals surface area contributed by atoms with E-state index >= 15 is 0 Å². The van der Waals surface area contributed by atoms with E-state index in [1.807, 2.05) is 6.07 Å². The molecule has 1 heterocycles. The highest BCUT2D eigenvalue weighted by molar-refractivity contribution is 7.92. The lowest BCUT2D eigenvalue weighted by molar-refractivity contribution is -0.107. The first-order chi connectivity index (χ1) is 6.66. The van der Waals surface area contributed by atoms with Crippen LogP contribution in [0.15, 0.2) is 29.2 Å². The Balaban J connectivity index is 2.51. The zero-order valence-electron chi connectivity index (χ0n) is 7.51. The smallest absolute Gasteiger partial charge is 0.182 e. The lowest BCUT2D eigenvalue weighted by atomic mass is 10.1. The summed E-state index contributed by atoms with van der Waals surface area (Å²) < 4.78 is 23.6. The Bertz CT molecular complexity index is 462. The molecule has 1 aliphatic rings. The zero-order chi connectivity index (χ0) is 10.2. The molecule has 0 fully saturated rings. The second-order valence-corrected chi connectivity index (χ2v) is 5.58. The molecule has 1 unspecified atom stereocenters. The van der Waals surface area contributed by atoms with Crippen LogP contribution in [0.3, 0.4) is 0 Å². The van der Waals surface area contributed by atoms with E-state index in [4.69, 9.17) is 0 Å². The number of hydrogen-bond donors (Lipinski definition) is 0. The third-order valence-corrected chi connectivity index (χ3v) is 4.77. The first kappa shape index (κ1) is 9.40. The van der Waals surface area contributed by atoms with Gasteiger partial charge in [-0.15, -0.1) is 0 Å². The van der Waals surface area contributed by atoms with Crippen molar-refractivity contribution in [2.45, 2.75) is 23.0 Å². The molecule has 14 heavy (non-hydrogen) atoms. The predicted molar refractivity (Wildman–Crippen MR) is 51.8 cm³/mol. The monoisotopic (exact) mass is 210 g/mol. The standard InChI is InChI=1S/C10H10O3S/c11-6-5-9-7-8-3-1-2-4-10(8)14(9,12)13/h1-4,6,9H,5,7H2. The van der Waals surface area contributed by atoms with Crippen LogP contribution in [-0.4, -0.2) is 20.0 Å². The fraction of sp³-hybridized carbons (Fsp3) is 0.300. The molecular formula is C10H10O3S. The van der Waals surface area contributed by atoms with Crippen molar-refractivity contribution in [2.75, 3.05) is 0 Å². The molecule has 1 aromatic rings. The maximum absolute atomic E-state index is 11.8. The van der Waals surface area contributed by atoms with Crippen LogP contribution in [0, 0.1) is 0 Å². The van der Waals surface area contributed by atoms with E-state index < -0.39 is 15.1 Å². The van der Waals surface area contributed by atoms with Gasteiger partial charge in [0.15, 0.2) is 9.84 Å². The summed E-state index contributed by atoms with van der Waals surface area (Å²) in [5.41, 5.74) is 0.833. The third kappa shape index (κ3) is 1.26. The van der Waals surface area contributed by atoms with Crippen molar-refractivity contribution >= 4 is 16.1 Å². The number of carbonyl (C=O) groups excluding carboxylic acids is 1. The van der Waals surface area contributed by atoms with Gasteiger partial charge < -0.3 is 4.79 Å². The van der Waals surface area contributed by atoms with Gasteiger partial charge in [-0.1, -0.05) is 18.2 Å². The van der Waals surface area contributed by atoms with Gasteiger partial charge in [0.25, 0.3) is 0 Å². The van der Waals surface area contributed by atoms with Gasteiger partial charge in [-0.2, -0.15) is 0 Å². The SMILES string of the molecule is O=CCC1Cc2ccccc2S1(=O)=O. The Hall–Kier alpha value is -1.16. The van der Waals surface area contributed by atoms with Crippen LogP contribution in [0.1, 0.15) is 12.0 Å². The number of sulfone groups is 1. The second kappa shape index (κ2) is 3.20. The number of fused-ring (bicyclic) bond motifs is 1. The molecule has 1 atom stereocenters. The van der Waals surface area contributed by atoms with E-state index in [2.05, 4.69) is 0 Å². The largest absolute Gasteiger partial charge is 0.303 e. The average Bonchev–Trinajstić information content (AvgIpc) is 2.41. The summed E-state index contributed by atoms with van der Waals surface area (Å²) in [4.78, 5) is 10.7. The van der Waals surface area contributed by atoms with E-state index in [0.717, 1.165) is 5.56 Å². The second-order valence-electron chi connectivity index (χ2n) is 3.38. The van der Waals surface area contributed by atoms with E-state index in [0.29, 0.717) is 17.6 Å². The maximum atomic E-state index is 11.8. The molecule has 0 spiro atoms. The Morgan fingerprint density at radius 2 is 2.07 bits per heavy atom. The van der Waals surface area contributed by atoms with E-state index in [9.17, 15) is 13.2 Å². The van der Waals surface area contributed by atoms with Crippen LogP contribution >= 0.6 is 0 Å². The molecule has 0 N–H and O–H groups in total. The summed E-state index contributed by atoms with van der Waals surface area (Å²) in [7, 11) is -3.24. The Morgan fingerprint density at radius 3 is 2.71 bits per heavy atom. The van der Waals surface area contributed by atoms with Gasteiger partial charge in [-0.3, -0.25) is 0 Å². The van der Waals surface area contributed by atoms with Crippen molar-refractivity contribution in [1.82, 2.24) is 0 Å².